The van der Waals surface area contributed by atoms with Crippen LogP contribution in [-0.4, -0.2) is 49.2 Å². The predicted molar refractivity (Wildman–Crippen MR) is 77.3 cm³/mol. The summed E-state index contributed by atoms with van der Waals surface area (Å²) in [6.07, 6.45) is 3.50. The number of aromatic hydroxyl groups is 1. The highest BCUT2D eigenvalue weighted by molar-refractivity contribution is 5.96. The molecule has 1 heterocycles. The molecule has 0 spiro atoms. The molecule has 0 unspecified atom stereocenters. The Kier molecular flexibility index (Phi) is 5.24. The third-order valence-corrected chi connectivity index (χ3v) is 3.58. The standard InChI is InChI=1S/C15H22N2O3/c1-20-12-5-6-13(14(18)11-12)15(19)16-7-4-10-17-8-2-3-9-17/h5-6,11,18H,2-4,7-10H2,1H3,(H,16,19). The van der Waals surface area contributed by atoms with Gasteiger partial charge in [-0.3, -0.25) is 4.79 Å². The van der Waals surface area contributed by atoms with Gasteiger partial charge in [0.2, 0.25) is 0 Å². The Morgan fingerprint density at radius 2 is 2.15 bits per heavy atom. The van der Waals surface area contributed by atoms with Gasteiger partial charge >= 0.3 is 0 Å². The van der Waals surface area contributed by atoms with E-state index in [1.165, 1.54) is 39.1 Å². The maximum atomic E-state index is 11.9. The van der Waals surface area contributed by atoms with Crippen LogP contribution in [0, 0.1) is 0 Å². The first-order valence-corrected chi connectivity index (χ1v) is 7.08. The van der Waals surface area contributed by atoms with E-state index in [2.05, 4.69) is 10.2 Å². The summed E-state index contributed by atoms with van der Waals surface area (Å²) in [6, 6.07) is 4.68. The van der Waals surface area contributed by atoms with E-state index in [0.29, 0.717) is 12.3 Å². The minimum Gasteiger partial charge on any atom is -0.507 e. The largest absolute Gasteiger partial charge is 0.507 e. The number of methoxy groups -OCH3 is 1. The van der Waals surface area contributed by atoms with Gasteiger partial charge in [0.25, 0.3) is 5.91 Å². The van der Waals surface area contributed by atoms with Crippen molar-refractivity contribution >= 4 is 5.91 Å². The van der Waals surface area contributed by atoms with Crippen molar-refractivity contribution in [1.82, 2.24) is 10.2 Å². The Morgan fingerprint density at radius 3 is 2.80 bits per heavy atom. The third-order valence-electron chi connectivity index (χ3n) is 3.58. The molecule has 1 fully saturated rings. The number of phenols is 1. The first-order valence-electron chi connectivity index (χ1n) is 7.08. The fraction of sp³-hybridized carbons (Fsp3) is 0.533. The number of benzene rings is 1. The molecule has 1 amide bonds. The van der Waals surface area contributed by atoms with E-state index in [9.17, 15) is 9.90 Å². The van der Waals surface area contributed by atoms with Gasteiger partial charge in [0, 0.05) is 12.6 Å². The first kappa shape index (κ1) is 14.7. The summed E-state index contributed by atoms with van der Waals surface area (Å²) >= 11 is 0. The lowest BCUT2D eigenvalue weighted by Crippen LogP contribution is -2.28. The number of nitrogens with one attached hydrogen (secondary N) is 1. The number of carbonyl (C=O) groups excluding carboxylic acids is 1. The number of rotatable bonds is 6. The highest BCUT2D eigenvalue weighted by Gasteiger charge is 2.13. The van der Waals surface area contributed by atoms with Crippen molar-refractivity contribution in [2.24, 2.45) is 0 Å². The summed E-state index contributed by atoms with van der Waals surface area (Å²) in [6.45, 7) is 4.00. The second kappa shape index (κ2) is 7.14. The van der Waals surface area contributed by atoms with Gasteiger partial charge in [-0.25, -0.2) is 0 Å². The molecule has 0 saturated carbocycles. The number of hydrogen-bond donors (Lipinski definition) is 2. The Labute approximate surface area is 119 Å². The van der Waals surface area contributed by atoms with Crippen LogP contribution in [0.25, 0.3) is 0 Å². The zero-order valence-electron chi connectivity index (χ0n) is 11.9. The Bertz CT molecular complexity index is 456. The van der Waals surface area contributed by atoms with Crippen LogP contribution >= 0.6 is 0 Å². The van der Waals surface area contributed by atoms with E-state index < -0.39 is 0 Å². The molecule has 5 heteroatoms. The molecule has 0 radical (unpaired) electrons. The molecule has 1 aromatic carbocycles. The van der Waals surface area contributed by atoms with Crippen LogP contribution in [-0.2, 0) is 0 Å². The second-order valence-electron chi connectivity index (χ2n) is 5.04. The van der Waals surface area contributed by atoms with E-state index in [-0.39, 0.29) is 17.2 Å². The first-order chi connectivity index (χ1) is 9.70. The predicted octanol–water partition coefficient (Wildman–Crippen LogP) is 1.62. The summed E-state index contributed by atoms with van der Waals surface area (Å²) in [5.41, 5.74) is 0.284. The van der Waals surface area contributed by atoms with Crippen LogP contribution in [0.1, 0.15) is 29.6 Å². The number of likely N-dealkylation sites (tertiary alicyclic amines) is 1. The fourth-order valence-electron chi connectivity index (χ4n) is 2.44. The van der Waals surface area contributed by atoms with Gasteiger partial charge in [0.05, 0.1) is 12.7 Å². The minimum atomic E-state index is -0.244. The quantitative estimate of drug-likeness (QED) is 0.776. The van der Waals surface area contributed by atoms with Crippen molar-refractivity contribution in [2.75, 3.05) is 33.3 Å². The summed E-state index contributed by atoms with van der Waals surface area (Å²) in [7, 11) is 1.52. The van der Waals surface area contributed by atoms with E-state index >= 15 is 0 Å². The lowest BCUT2D eigenvalue weighted by Gasteiger charge is -2.14. The van der Waals surface area contributed by atoms with Gasteiger partial charge in [-0.1, -0.05) is 0 Å². The van der Waals surface area contributed by atoms with Crippen LogP contribution in [0.2, 0.25) is 0 Å². The number of hydrogen-bond acceptors (Lipinski definition) is 4. The molecule has 1 aliphatic rings. The average molecular weight is 278 g/mol. The number of carbonyl (C=O) groups is 1. The van der Waals surface area contributed by atoms with E-state index in [0.717, 1.165) is 13.0 Å². The monoisotopic (exact) mass is 278 g/mol. The maximum absolute atomic E-state index is 11.9. The molecule has 1 saturated heterocycles. The fourth-order valence-corrected chi connectivity index (χ4v) is 2.44. The van der Waals surface area contributed by atoms with E-state index in [1.807, 2.05) is 0 Å². The molecular weight excluding hydrogens is 256 g/mol. The van der Waals surface area contributed by atoms with Gasteiger partial charge in [0.1, 0.15) is 11.5 Å². The molecule has 0 aliphatic carbocycles. The highest BCUT2D eigenvalue weighted by Crippen LogP contribution is 2.23. The highest BCUT2D eigenvalue weighted by atomic mass is 16.5. The zero-order chi connectivity index (χ0) is 14.4. The third kappa shape index (κ3) is 3.87. The van der Waals surface area contributed by atoms with Gasteiger partial charge in [-0.05, 0) is 51.0 Å². The Morgan fingerprint density at radius 1 is 1.40 bits per heavy atom. The summed E-state index contributed by atoms with van der Waals surface area (Å²) in [5, 5.41) is 12.6. The van der Waals surface area contributed by atoms with Crippen molar-refractivity contribution in [3.8, 4) is 11.5 Å². The normalized spacial score (nSPS) is 15.2. The molecule has 0 atom stereocenters. The number of amides is 1. The Balaban J connectivity index is 1.76. The van der Waals surface area contributed by atoms with Gasteiger partial charge in [-0.15, -0.1) is 0 Å². The lowest BCUT2D eigenvalue weighted by molar-refractivity contribution is 0.0949. The topological polar surface area (TPSA) is 61.8 Å². The Hall–Kier alpha value is -1.75. The second-order valence-corrected chi connectivity index (χ2v) is 5.04. The minimum absolute atomic E-state index is 0.0543. The lowest BCUT2D eigenvalue weighted by atomic mass is 10.1. The molecular formula is C15H22N2O3. The molecule has 0 bridgehead atoms. The van der Waals surface area contributed by atoms with Crippen molar-refractivity contribution in [3.63, 3.8) is 0 Å². The molecule has 2 N–H and O–H groups in total. The number of ether oxygens (including phenoxy) is 1. The summed E-state index contributed by atoms with van der Waals surface area (Å²) in [5.74, 6) is 0.237. The molecule has 0 aromatic heterocycles. The molecule has 1 aromatic rings. The van der Waals surface area contributed by atoms with Crippen molar-refractivity contribution in [2.45, 2.75) is 19.3 Å². The molecule has 5 nitrogen and oxygen atoms in total. The van der Waals surface area contributed by atoms with Crippen molar-refractivity contribution in [3.05, 3.63) is 23.8 Å². The van der Waals surface area contributed by atoms with Crippen LogP contribution in [0.5, 0.6) is 11.5 Å². The van der Waals surface area contributed by atoms with Crippen LogP contribution < -0.4 is 10.1 Å². The SMILES string of the molecule is COc1ccc(C(=O)NCCCN2CCCC2)c(O)c1. The molecule has 2 rings (SSSR count). The zero-order valence-corrected chi connectivity index (χ0v) is 11.9. The van der Waals surface area contributed by atoms with Gasteiger partial charge < -0.3 is 20.1 Å². The van der Waals surface area contributed by atoms with Crippen LogP contribution in [0.4, 0.5) is 0 Å². The van der Waals surface area contributed by atoms with Crippen LogP contribution in [0.3, 0.4) is 0 Å². The summed E-state index contributed by atoms with van der Waals surface area (Å²) in [4.78, 5) is 14.3. The van der Waals surface area contributed by atoms with Gasteiger partial charge in [-0.2, -0.15) is 0 Å². The van der Waals surface area contributed by atoms with E-state index in [1.54, 1.807) is 12.1 Å². The van der Waals surface area contributed by atoms with E-state index in [4.69, 9.17) is 4.74 Å². The van der Waals surface area contributed by atoms with Gasteiger partial charge in [0.15, 0.2) is 0 Å². The molecule has 20 heavy (non-hydrogen) atoms. The number of nitrogens with zero attached hydrogens (tertiary/aromatic N) is 1. The average Bonchev–Trinajstić information content (AvgIpc) is 2.96. The summed E-state index contributed by atoms with van der Waals surface area (Å²) < 4.78 is 4.99. The van der Waals surface area contributed by atoms with Crippen molar-refractivity contribution in [1.29, 1.82) is 0 Å². The maximum Gasteiger partial charge on any atom is 0.255 e. The molecule has 1 aliphatic heterocycles. The van der Waals surface area contributed by atoms with Crippen molar-refractivity contribution < 1.29 is 14.6 Å². The molecule has 110 valence electrons. The smallest absolute Gasteiger partial charge is 0.255 e. The van der Waals surface area contributed by atoms with Crippen LogP contribution in [0.15, 0.2) is 18.2 Å². The number of phenolic OH excluding ortho intramolecular Hbond substituents is 1.